The minimum absolute atomic E-state index is 0.709. The van der Waals surface area contributed by atoms with Gasteiger partial charge in [0.1, 0.15) is 5.15 Å². The summed E-state index contributed by atoms with van der Waals surface area (Å²) in [5.41, 5.74) is 3.12. The summed E-state index contributed by atoms with van der Waals surface area (Å²) < 4.78 is 1.71. The maximum absolute atomic E-state index is 6.22. The van der Waals surface area contributed by atoms with E-state index in [2.05, 4.69) is 22.0 Å². The summed E-state index contributed by atoms with van der Waals surface area (Å²) in [5.74, 6) is 0. The summed E-state index contributed by atoms with van der Waals surface area (Å²) in [6.07, 6.45) is 1.81. The van der Waals surface area contributed by atoms with Gasteiger partial charge < -0.3 is 0 Å². The molecule has 2 rings (SSSR count). The van der Waals surface area contributed by atoms with Crippen molar-refractivity contribution >= 4 is 11.6 Å². The molecule has 0 atom stereocenters. The molecule has 96 valence electrons. The van der Waals surface area contributed by atoms with Crippen molar-refractivity contribution in [3.8, 4) is 0 Å². The molecule has 0 saturated carbocycles. The van der Waals surface area contributed by atoms with Crippen LogP contribution in [0.5, 0.6) is 0 Å². The topological polar surface area (TPSA) is 34.0 Å². The third-order valence-corrected chi connectivity index (χ3v) is 3.33. The second-order valence-corrected chi connectivity index (χ2v) is 4.83. The highest BCUT2D eigenvalue weighted by Gasteiger charge is 2.13. The summed E-state index contributed by atoms with van der Waals surface area (Å²) in [6.45, 7) is 3.55. The average Bonchev–Trinajstić information content (AvgIpc) is 2.57. The third-order valence-electron chi connectivity index (χ3n) is 2.86. The molecule has 0 saturated heterocycles. The highest BCUT2D eigenvalue weighted by Crippen LogP contribution is 2.20. The fraction of sp³-hybridized carbons (Fsp3) is 0.385. The standard InChI is InChI=1S/C13H17ClN4/c1-10-12(13(14)18(3)16-10)9-17(2)8-11-6-4-5-7-15-11/h4-7H,8-9H2,1-3H3. The molecule has 2 aromatic heterocycles. The number of aryl methyl sites for hydroxylation is 2. The largest absolute Gasteiger partial charge is 0.296 e. The Labute approximate surface area is 112 Å². The van der Waals surface area contributed by atoms with Crippen molar-refractivity contribution in [1.82, 2.24) is 19.7 Å². The quantitative estimate of drug-likeness (QED) is 0.850. The minimum atomic E-state index is 0.709. The zero-order valence-corrected chi connectivity index (χ0v) is 11.6. The summed E-state index contributed by atoms with van der Waals surface area (Å²) >= 11 is 6.22. The molecule has 0 bridgehead atoms. The van der Waals surface area contributed by atoms with Gasteiger partial charge in [0, 0.05) is 31.9 Å². The van der Waals surface area contributed by atoms with E-state index in [1.165, 1.54) is 0 Å². The molecule has 0 unspecified atom stereocenters. The van der Waals surface area contributed by atoms with Gasteiger partial charge in [0.05, 0.1) is 11.4 Å². The molecule has 0 aliphatic heterocycles. The number of nitrogens with zero attached hydrogens (tertiary/aromatic N) is 4. The minimum Gasteiger partial charge on any atom is -0.296 e. The molecule has 0 amide bonds. The van der Waals surface area contributed by atoms with Gasteiger partial charge in [0.15, 0.2) is 0 Å². The Bertz CT molecular complexity index is 521. The lowest BCUT2D eigenvalue weighted by Crippen LogP contribution is -2.18. The zero-order chi connectivity index (χ0) is 13.1. The molecule has 18 heavy (non-hydrogen) atoms. The van der Waals surface area contributed by atoms with Crippen LogP contribution in [0, 0.1) is 6.92 Å². The van der Waals surface area contributed by atoms with Crippen molar-refractivity contribution in [3.05, 3.63) is 46.5 Å². The number of rotatable bonds is 4. The van der Waals surface area contributed by atoms with Gasteiger partial charge in [-0.15, -0.1) is 0 Å². The predicted molar refractivity (Wildman–Crippen MR) is 72.4 cm³/mol. The first kappa shape index (κ1) is 13.1. The Morgan fingerprint density at radius 3 is 2.67 bits per heavy atom. The van der Waals surface area contributed by atoms with E-state index in [-0.39, 0.29) is 0 Å². The van der Waals surface area contributed by atoms with Crippen molar-refractivity contribution in [2.75, 3.05) is 7.05 Å². The lowest BCUT2D eigenvalue weighted by molar-refractivity contribution is 0.314. The van der Waals surface area contributed by atoms with Gasteiger partial charge in [-0.05, 0) is 26.1 Å². The van der Waals surface area contributed by atoms with E-state index in [0.29, 0.717) is 5.15 Å². The molecule has 2 heterocycles. The van der Waals surface area contributed by atoms with Crippen molar-refractivity contribution in [2.24, 2.45) is 7.05 Å². The Hall–Kier alpha value is -1.39. The first-order valence-corrected chi connectivity index (χ1v) is 6.22. The fourth-order valence-electron chi connectivity index (χ4n) is 1.95. The Kier molecular flexibility index (Phi) is 3.99. The molecule has 4 nitrogen and oxygen atoms in total. The molecule has 5 heteroatoms. The van der Waals surface area contributed by atoms with Crippen LogP contribution in [0.15, 0.2) is 24.4 Å². The van der Waals surface area contributed by atoms with Crippen LogP contribution in [0.3, 0.4) is 0 Å². The Morgan fingerprint density at radius 2 is 2.11 bits per heavy atom. The lowest BCUT2D eigenvalue weighted by atomic mass is 10.2. The van der Waals surface area contributed by atoms with Crippen molar-refractivity contribution < 1.29 is 0 Å². The molecule has 0 spiro atoms. The van der Waals surface area contributed by atoms with Crippen LogP contribution in [-0.2, 0) is 20.1 Å². The van der Waals surface area contributed by atoms with Gasteiger partial charge in [-0.1, -0.05) is 17.7 Å². The van der Waals surface area contributed by atoms with Crippen LogP contribution in [0.2, 0.25) is 5.15 Å². The first-order chi connectivity index (χ1) is 8.58. The van der Waals surface area contributed by atoms with E-state index in [1.54, 1.807) is 4.68 Å². The molecule has 0 aliphatic carbocycles. The van der Waals surface area contributed by atoms with E-state index >= 15 is 0 Å². The Balaban J connectivity index is 2.05. The van der Waals surface area contributed by atoms with Crippen molar-refractivity contribution in [2.45, 2.75) is 20.0 Å². The van der Waals surface area contributed by atoms with Crippen LogP contribution in [0.25, 0.3) is 0 Å². The summed E-state index contributed by atoms with van der Waals surface area (Å²) in [7, 11) is 3.91. The Morgan fingerprint density at radius 1 is 1.33 bits per heavy atom. The average molecular weight is 265 g/mol. The fourth-order valence-corrected chi connectivity index (χ4v) is 2.18. The molecule has 0 N–H and O–H groups in total. The van der Waals surface area contributed by atoms with Gasteiger partial charge in [-0.3, -0.25) is 14.6 Å². The molecular weight excluding hydrogens is 248 g/mol. The van der Waals surface area contributed by atoms with Crippen LogP contribution in [0.1, 0.15) is 17.0 Å². The highest BCUT2D eigenvalue weighted by atomic mass is 35.5. The molecule has 0 fully saturated rings. The van der Waals surface area contributed by atoms with Gasteiger partial charge in [0.2, 0.25) is 0 Å². The van der Waals surface area contributed by atoms with E-state index in [1.807, 2.05) is 38.4 Å². The van der Waals surface area contributed by atoms with E-state index in [9.17, 15) is 0 Å². The smallest absolute Gasteiger partial charge is 0.131 e. The summed E-state index contributed by atoms with van der Waals surface area (Å²) in [4.78, 5) is 6.49. The normalized spacial score (nSPS) is 11.2. The second kappa shape index (κ2) is 5.50. The monoisotopic (exact) mass is 264 g/mol. The molecule has 0 radical (unpaired) electrons. The number of pyridine rings is 1. The number of hydrogen-bond donors (Lipinski definition) is 0. The summed E-state index contributed by atoms with van der Waals surface area (Å²) in [6, 6.07) is 5.94. The lowest BCUT2D eigenvalue weighted by Gasteiger charge is -2.15. The molecular formula is C13H17ClN4. The van der Waals surface area contributed by atoms with Crippen LogP contribution in [0.4, 0.5) is 0 Å². The summed E-state index contributed by atoms with van der Waals surface area (Å²) in [5, 5.41) is 5.02. The highest BCUT2D eigenvalue weighted by molar-refractivity contribution is 6.30. The van der Waals surface area contributed by atoms with E-state index in [0.717, 1.165) is 30.0 Å². The maximum Gasteiger partial charge on any atom is 0.131 e. The number of hydrogen-bond acceptors (Lipinski definition) is 3. The van der Waals surface area contributed by atoms with Crippen molar-refractivity contribution in [3.63, 3.8) is 0 Å². The van der Waals surface area contributed by atoms with Crippen molar-refractivity contribution in [1.29, 1.82) is 0 Å². The number of halogens is 1. The molecule has 0 aliphatic rings. The predicted octanol–water partition coefficient (Wildman–Crippen LogP) is 2.41. The molecule has 2 aromatic rings. The first-order valence-electron chi connectivity index (χ1n) is 5.84. The third kappa shape index (κ3) is 2.89. The van der Waals surface area contributed by atoms with Crippen LogP contribution in [-0.4, -0.2) is 26.7 Å². The van der Waals surface area contributed by atoms with Crippen LogP contribution < -0.4 is 0 Å². The van der Waals surface area contributed by atoms with Gasteiger partial charge in [0.25, 0.3) is 0 Å². The zero-order valence-electron chi connectivity index (χ0n) is 10.9. The molecule has 0 aromatic carbocycles. The van der Waals surface area contributed by atoms with Gasteiger partial charge >= 0.3 is 0 Å². The van der Waals surface area contributed by atoms with Crippen LogP contribution >= 0.6 is 11.6 Å². The van der Waals surface area contributed by atoms with Gasteiger partial charge in [-0.25, -0.2) is 0 Å². The van der Waals surface area contributed by atoms with Gasteiger partial charge in [-0.2, -0.15) is 5.10 Å². The number of aromatic nitrogens is 3. The van der Waals surface area contributed by atoms with E-state index in [4.69, 9.17) is 11.6 Å². The van der Waals surface area contributed by atoms with E-state index < -0.39 is 0 Å². The maximum atomic E-state index is 6.22. The SMILES string of the molecule is Cc1nn(C)c(Cl)c1CN(C)Cc1ccccn1. The second-order valence-electron chi connectivity index (χ2n) is 4.47.